The van der Waals surface area contributed by atoms with Crippen molar-refractivity contribution in [1.29, 1.82) is 0 Å². The van der Waals surface area contributed by atoms with E-state index in [4.69, 9.17) is 0 Å². The third-order valence-electron chi connectivity index (χ3n) is 4.50. The van der Waals surface area contributed by atoms with Crippen molar-refractivity contribution in [2.75, 3.05) is 26.7 Å². The predicted molar refractivity (Wildman–Crippen MR) is 94.5 cm³/mol. The average Bonchev–Trinajstić information content (AvgIpc) is 3.07. The summed E-state index contributed by atoms with van der Waals surface area (Å²) in [6, 6.07) is 6.07. The number of benzene rings is 1. The molecular weight excluding hydrogens is 326 g/mol. The van der Waals surface area contributed by atoms with E-state index in [1.807, 2.05) is 13.8 Å². The molecule has 0 aliphatic carbocycles. The number of hydrogen-bond donors (Lipinski definition) is 2. The second kappa shape index (κ2) is 8.09. The first-order valence-electron chi connectivity index (χ1n) is 8.39. The van der Waals surface area contributed by atoms with Crippen LogP contribution in [-0.4, -0.2) is 51.4 Å². The van der Waals surface area contributed by atoms with Crippen LogP contribution in [0.2, 0.25) is 0 Å². The van der Waals surface area contributed by atoms with E-state index in [1.165, 1.54) is 16.4 Å². The van der Waals surface area contributed by atoms with Crippen molar-refractivity contribution in [2.45, 2.75) is 37.6 Å². The van der Waals surface area contributed by atoms with Crippen LogP contribution in [-0.2, 0) is 10.0 Å². The van der Waals surface area contributed by atoms with Crippen LogP contribution >= 0.6 is 0 Å². The lowest BCUT2D eigenvalue weighted by molar-refractivity contribution is 0.0951. The Morgan fingerprint density at radius 2 is 2.17 bits per heavy atom. The number of nitrogens with zero attached hydrogens (tertiary/aromatic N) is 1. The monoisotopic (exact) mass is 353 g/mol. The molecule has 1 unspecified atom stereocenters. The highest BCUT2D eigenvalue weighted by atomic mass is 32.2. The summed E-state index contributed by atoms with van der Waals surface area (Å²) in [6.07, 6.45) is 2.08. The molecule has 1 amide bonds. The SMILES string of the molecule is CC(C)N(C)S(=O)(=O)c1cccc(C(=O)NCCC2CCNC2)c1. The maximum absolute atomic E-state index is 12.5. The summed E-state index contributed by atoms with van der Waals surface area (Å²) in [5.41, 5.74) is 0.373. The molecule has 2 rings (SSSR count). The van der Waals surface area contributed by atoms with Crippen LogP contribution in [0, 0.1) is 5.92 Å². The first kappa shape index (κ1) is 18.9. The van der Waals surface area contributed by atoms with Gasteiger partial charge in [0.15, 0.2) is 0 Å². The lowest BCUT2D eigenvalue weighted by atomic mass is 10.1. The fraction of sp³-hybridized carbons (Fsp3) is 0.588. The Balaban J connectivity index is 2.02. The molecule has 1 heterocycles. The number of amides is 1. The first-order valence-corrected chi connectivity index (χ1v) is 9.83. The lowest BCUT2D eigenvalue weighted by Crippen LogP contribution is -2.33. The van der Waals surface area contributed by atoms with Crippen molar-refractivity contribution >= 4 is 15.9 Å². The molecular formula is C17H27N3O3S. The van der Waals surface area contributed by atoms with Crippen molar-refractivity contribution < 1.29 is 13.2 Å². The molecule has 0 bridgehead atoms. The molecule has 1 fully saturated rings. The normalized spacial score (nSPS) is 18.3. The summed E-state index contributed by atoms with van der Waals surface area (Å²) in [5, 5.41) is 6.18. The van der Waals surface area contributed by atoms with E-state index in [0.717, 1.165) is 25.9 Å². The number of nitrogens with one attached hydrogen (secondary N) is 2. The number of hydrogen-bond acceptors (Lipinski definition) is 4. The molecule has 1 saturated heterocycles. The van der Waals surface area contributed by atoms with Gasteiger partial charge in [0.2, 0.25) is 10.0 Å². The van der Waals surface area contributed by atoms with E-state index in [2.05, 4.69) is 10.6 Å². The van der Waals surface area contributed by atoms with Crippen LogP contribution in [0.15, 0.2) is 29.2 Å². The van der Waals surface area contributed by atoms with E-state index in [1.54, 1.807) is 19.2 Å². The topological polar surface area (TPSA) is 78.5 Å². The van der Waals surface area contributed by atoms with Crippen LogP contribution in [0.25, 0.3) is 0 Å². The van der Waals surface area contributed by atoms with Crippen LogP contribution in [0.3, 0.4) is 0 Å². The Bertz CT molecular complexity index is 667. The second-order valence-corrected chi connectivity index (χ2v) is 8.54. The first-order chi connectivity index (χ1) is 11.3. The minimum absolute atomic E-state index is 0.145. The Labute approximate surface area is 144 Å². The average molecular weight is 353 g/mol. The summed E-state index contributed by atoms with van der Waals surface area (Å²) in [5.74, 6) is 0.377. The minimum Gasteiger partial charge on any atom is -0.352 e. The standard InChI is InChI=1S/C17H27N3O3S/c1-13(2)20(3)24(22,23)16-6-4-5-15(11-16)17(21)19-10-8-14-7-9-18-12-14/h4-6,11,13-14,18H,7-10,12H2,1-3H3,(H,19,21). The third kappa shape index (κ3) is 4.55. The van der Waals surface area contributed by atoms with Crippen molar-refractivity contribution in [3.8, 4) is 0 Å². The fourth-order valence-electron chi connectivity index (χ4n) is 2.69. The molecule has 7 heteroatoms. The fourth-order valence-corrected chi connectivity index (χ4v) is 4.11. The molecule has 0 spiro atoms. The van der Waals surface area contributed by atoms with Gasteiger partial charge in [-0.1, -0.05) is 6.07 Å². The van der Waals surface area contributed by atoms with Gasteiger partial charge in [-0.25, -0.2) is 8.42 Å². The van der Waals surface area contributed by atoms with Gasteiger partial charge in [-0.2, -0.15) is 4.31 Å². The predicted octanol–water partition coefficient (Wildman–Crippen LogP) is 1.44. The van der Waals surface area contributed by atoms with E-state index in [0.29, 0.717) is 18.0 Å². The molecule has 1 aromatic carbocycles. The zero-order chi connectivity index (χ0) is 17.7. The van der Waals surface area contributed by atoms with Crippen molar-refractivity contribution in [1.82, 2.24) is 14.9 Å². The van der Waals surface area contributed by atoms with Gasteiger partial charge in [-0.05, 0) is 63.9 Å². The van der Waals surface area contributed by atoms with Crippen molar-refractivity contribution in [2.24, 2.45) is 5.92 Å². The van der Waals surface area contributed by atoms with Gasteiger partial charge in [0, 0.05) is 25.2 Å². The van der Waals surface area contributed by atoms with Gasteiger partial charge < -0.3 is 10.6 Å². The van der Waals surface area contributed by atoms with Crippen LogP contribution in [0.5, 0.6) is 0 Å². The van der Waals surface area contributed by atoms with Gasteiger partial charge in [-0.3, -0.25) is 4.79 Å². The van der Waals surface area contributed by atoms with Gasteiger partial charge in [0.1, 0.15) is 0 Å². The van der Waals surface area contributed by atoms with E-state index in [9.17, 15) is 13.2 Å². The number of sulfonamides is 1. The lowest BCUT2D eigenvalue weighted by Gasteiger charge is -2.21. The summed E-state index contributed by atoms with van der Waals surface area (Å²) in [7, 11) is -2.04. The van der Waals surface area contributed by atoms with Gasteiger partial charge in [-0.15, -0.1) is 0 Å². The van der Waals surface area contributed by atoms with Crippen molar-refractivity contribution in [3.63, 3.8) is 0 Å². The molecule has 24 heavy (non-hydrogen) atoms. The molecule has 1 aromatic rings. The van der Waals surface area contributed by atoms with Crippen molar-refractivity contribution in [3.05, 3.63) is 29.8 Å². The molecule has 0 aromatic heterocycles. The molecule has 1 aliphatic heterocycles. The minimum atomic E-state index is -3.58. The Kier molecular flexibility index (Phi) is 6.37. The molecule has 6 nitrogen and oxygen atoms in total. The maximum atomic E-state index is 12.5. The van der Waals surface area contributed by atoms with Gasteiger partial charge >= 0.3 is 0 Å². The molecule has 0 radical (unpaired) electrons. The smallest absolute Gasteiger partial charge is 0.251 e. The number of carbonyl (C=O) groups is 1. The second-order valence-electron chi connectivity index (χ2n) is 6.55. The molecule has 1 aliphatic rings. The van der Waals surface area contributed by atoms with E-state index >= 15 is 0 Å². The summed E-state index contributed by atoms with van der Waals surface area (Å²) >= 11 is 0. The Morgan fingerprint density at radius 3 is 2.79 bits per heavy atom. The van der Waals surface area contributed by atoms with Gasteiger partial charge in [0.05, 0.1) is 4.90 Å². The van der Waals surface area contributed by atoms with E-state index < -0.39 is 10.0 Å². The highest BCUT2D eigenvalue weighted by molar-refractivity contribution is 7.89. The number of carbonyl (C=O) groups excluding carboxylic acids is 1. The van der Waals surface area contributed by atoms with Crippen LogP contribution in [0.1, 0.15) is 37.0 Å². The summed E-state index contributed by atoms with van der Waals surface area (Å²) < 4.78 is 26.4. The third-order valence-corrected chi connectivity index (χ3v) is 6.53. The summed E-state index contributed by atoms with van der Waals surface area (Å²) in [4.78, 5) is 12.4. The highest BCUT2D eigenvalue weighted by Gasteiger charge is 2.24. The molecule has 1 atom stereocenters. The summed E-state index contributed by atoms with van der Waals surface area (Å²) in [6.45, 7) is 6.28. The Morgan fingerprint density at radius 1 is 1.42 bits per heavy atom. The highest BCUT2D eigenvalue weighted by Crippen LogP contribution is 2.18. The molecule has 134 valence electrons. The van der Waals surface area contributed by atoms with Crippen LogP contribution in [0.4, 0.5) is 0 Å². The number of rotatable bonds is 7. The maximum Gasteiger partial charge on any atom is 0.251 e. The molecule has 2 N–H and O–H groups in total. The quantitative estimate of drug-likeness (QED) is 0.778. The zero-order valence-electron chi connectivity index (χ0n) is 14.6. The zero-order valence-corrected chi connectivity index (χ0v) is 15.4. The van der Waals surface area contributed by atoms with E-state index in [-0.39, 0.29) is 16.8 Å². The molecule has 0 saturated carbocycles. The van der Waals surface area contributed by atoms with Crippen LogP contribution < -0.4 is 10.6 Å². The van der Waals surface area contributed by atoms with Gasteiger partial charge in [0.25, 0.3) is 5.91 Å². The Hall–Kier alpha value is -1.44. The largest absolute Gasteiger partial charge is 0.352 e.